The number of rotatable bonds is 7. The second-order valence-electron chi connectivity index (χ2n) is 8.53. The van der Waals surface area contributed by atoms with Crippen LogP contribution in [0, 0.1) is 0 Å². The third-order valence-corrected chi connectivity index (χ3v) is 6.58. The first kappa shape index (κ1) is 22.3. The highest BCUT2D eigenvalue weighted by atomic mass is 16.5. The van der Waals surface area contributed by atoms with Crippen molar-refractivity contribution in [1.82, 2.24) is 15.2 Å². The van der Waals surface area contributed by atoms with Crippen molar-refractivity contribution in [3.05, 3.63) is 53.6 Å². The van der Waals surface area contributed by atoms with E-state index in [9.17, 15) is 9.59 Å². The molecule has 3 aromatic rings. The number of aliphatic hydroxyl groups excluding tert-OH is 1. The SMILES string of the molecule is COc1ccc2c(c1)C(=O)c1c-2c(N2CCN(C(=O)CCNCCO)CC2)nc2ccccc12. The number of nitrogens with one attached hydrogen (secondary N) is 1. The van der Waals surface area contributed by atoms with Crippen molar-refractivity contribution in [2.45, 2.75) is 6.42 Å². The van der Waals surface area contributed by atoms with E-state index in [1.807, 2.05) is 41.3 Å². The van der Waals surface area contributed by atoms with Gasteiger partial charge in [0, 0.05) is 67.8 Å². The van der Waals surface area contributed by atoms with Gasteiger partial charge in [0.1, 0.15) is 11.6 Å². The number of fused-ring (bicyclic) bond motifs is 5. The minimum Gasteiger partial charge on any atom is -0.497 e. The molecular weight excluding hydrogens is 432 g/mol. The molecule has 0 radical (unpaired) electrons. The maximum atomic E-state index is 13.5. The van der Waals surface area contributed by atoms with E-state index >= 15 is 0 Å². The predicted molar refractivity (Wildman–Crippen MR) is 131 cm³/mol. The van der Waals surface area contributed by atoms with Crippen LogP contribution in [-0.2, 0) is 4.79 Å². The van der Waals surface area contributed by atoms with Crippen LogP contribution in [0.1, 0.15) is 22.3 Å². The number of benzene rings is 2. The van der Waals surface area contributed by atoms with Crippen molar-refractivity contribution >= 4 is 28.4 Å². The fourth-order valence-corrected chi connectivity index (χ4v) is 4.83. The van der Waals surface area contributed by atoms with Gasteiger partial charge in [-0.3, -0.25) is 9.59 Å². The summed E-state index contributed by atoms with van der Waals surface area (Å²) in [6, 6.07) is 13.4. The monoisotopic (exact) mass is 460 g/mol. The number of para-hydroxylation sites is 1. The number of aliphatic hydroxyl groups is 1. The number of nitrogens with zero attached hydrogens (tertiary/aromatic N) is 3. The Balaban J connectivity index is 1.45. The number of methoxy groups -OCH3 is 1. The molecule has 0 atom stereocenters. The van der Waals surface area contributed by atoms with Crippen LogP contribution in [0.3, 0.4) is 0 Å². The lowest BCUT2D eigenvalue weighted by Gasteiger charge is -2.36. The molecule has 176 valence electrons. The molecular formula is C26H28N4O4. The lowest BCUT2D eigenvalue weighted by Crippen LogP contribution is -2.49. The van der Waals surface area contributed by atoms with Gasteiger partial charge in [0.15, 0.2) is 5.78 Å². The van der Waals surface area contributed by atoms with Crippen LogP contribution in [0.4, 0.5) is 5.82 Å². The molecule has 2 aromatic carbocycles. The molecule has 2 aliphatic rings. The Kier molecular flexibility index (Phi) is 6.17. The zero-order valence-electron chi connectivity index (χ0n) is 19.2. The van der Waals surface area contributed by atoms with Crippen LogP contribution in [-0.4, -0.2) is 79.7 Å². The lowest BCUT2D eigenvalue weighted by atomic mass is 10.0. The molecule has 2 heterocycles. The number of pyridine rings is 1. The molecule has 1 fully saturated rings. The van der Waals surface area contributed by atoms with Gasteiger partial charge >= 0.3 is 0 Å². The number of ether oxygens (including phenoxy) is 1. The standard InChI is InChI=1S/C26H28N4O4/c1-34-17-6-7-18-20(16-17)25(33)23-19-4-2-3-5-21(19)28-26(24(18)23)30-13-11-29(12-14-30)22(32)8-9-27-10-15-31/h2-7,16,27,31H,8-15H2,1H3. The molecule has 34 heavy (non-hydrogen) atoms. The third-order valence-electron chi connectivity index (χ3n) is 6.58. The van der Waals surface area contributed by atoms with Gasteiger partial charge in [-0.15, -0.1) is 0 Å². The topological polar surface area (TPSA) is 95.0 Å². The molecule has 8 nitrogen and oxygen atoms in total. The molecule has 2 N–H and O–H groups in total. The van der Waals surface area contributed by atoms with Crippen LogP contribution in [0.2, 0.25) is 0 Å². The number of anilines is 1. The van der Waals surface area contributed by atoms with E-state index < -0.39 is 0 Å². The van der Waals surface area contributed by atoms with Crippen molar-refractivity contribution in [3.8, 4) is 16.9 Å². The van der Waals surface area contributed by atoms with Gasteiger partial charge in [-0.1, -0.05) is 18.2 Å². The van der Waals surface area contributed by atoms with Crippen molar-refractivity contribution in [1.29, 1.82) is 0 Å². The summed E-state index contributed by atoms with van der Waals surface area (Å²) >= 11 is 0. The minimum absolute atomic E-state index is 0.00653. The lowest BCUT2D eigenvalue weighted by molar-refractivity contribution is -0.131. The van der Waals surface area contributed by atoms with Crippen LogP contribution in [0.15, 0.2) is 42.5 Å². The van der Waals surface area contributed by atoms with Gasteiger partial charge in [-0.05, 0) is 29.8 Å². The molecule has 5 rings (SSSR count). The largest absolute Gasteiger partial charge is 0.497 e. The average molecular weight is 461 g/mol. The number of piperazine rings is 1. The first-order valence-electron chi connectivity index (χ1n) is 11.6. The Hall–Kier alpha value is -3.49. The minimum atomic E-state index is -0.00653. The summed E-state index contributed by atoms with van der Waals surface area (Å²) < 4.78 is 5.36. The van der Waals surface area contributed by atoms with Crippen LogP contribution >= 0.6 is 0 Å². The van der Waals surface area contributed by atoms with Gasteiger partial charge in [0.05, 0.1) is 19.2 Å². The van der Waals surface area contributed by atoms with Gasteiger partial charge in [0.25, 0.3) is 0 Å². The highest BCUT2D eigenvalue weighted by Gasteiger charge is 2.35. The predicted octanol–water partition coefficient (Wildman–Crippen LogP) is 2.08. The summed E-state index contributed by atoms with van der Waals surface area (Å²) in [5, 5.41) is 12.8. The number of carbonyl (C=O) groups is 2. The molecule has 1 aromatic heterocycles. The Morgan fingerprint density at radius 3 is 2.62 bits per heavy atom. The Labute approximate surface area is 198 Å². The van der Waals surface area contributed by atoms with E-state index in [0.717, 1.165) is 27.8 Å². The summed E-state index contributed by atoms with van der Waals surface area (Å²) in [6.07, 6.45) is 0.410. The van der Waals surface area contributed by atoms with E-state index in [0.29, 0.717) is 62.6 Å². The number of hydrogen-bond acceptors (Lipinski definition) is 7. The summed E-state index contributed by atoms with van der Waals surface area (Å²) in [7, 11) is 1.60. The normalized spacial score (nSPS) is 14.9. The summed E-state index contributed by atoms with van der Waals surface area (Å²) in [6.45, 7) is 3.61. The van der Waals surface area contributed by atoms with Crippen molar-refractivity contribution in [2.75, 3.05) is 57.9 Å². The molecule has 0 spiro atoms. The third kappa shape index (κ3) is 3.89. The van der Waals surface area contributed by atoms with E-state index in [1.54, 1.807) is 13.2 Å². The highest BCUT2D eigenvalue weighted by Crippen LogP contribution is 2.46. The number of aromatic nitrogens is 1. The molecule has 0 saturated carbocycles. The van der Waals surface area contributed by atoms with E-state index in [-0.39, 0.29) is 18.3 Å². The Bertz CT molecular complexity index is 1250. The van der Waals surface area contributed by atoms with E-state index in [1.165, 1.54) is 0 Å². The molecule has 1 saturated heterocycles. The summed E-state index contributed by atoms with van der Waals surface area (Å²) in [5.41, 5.74) is 3.87. The van der Waals surface area contributed by atoms with Crippen LogP contribution in [0.5, 0.6) is 5.75 Å². The fourth-order valence-electron chi connectivity index (χ4n) is 4.83. The van der Waals surface area contributed by atoms with E-state index in [2.05, 4.69) is 10.2 Å². The van der Waals surface area contributed by atoms with Gasteiger partial charge < -0.3 is 25.0 Å². The molecule has 1 aliphatic heterocycles. The second kappa shape index (κ2) is 9.40. The smallest absolute Gasteiger partial charge is 0.223 e. The maximum absolute atomic E-state index is 13.5. The number of hydrogen-bond donors (Lipinski definition) is 2. The summed E-state index contributed by atoms with van der Waals surface area (Å²) in [5.74, 6) is 1.55. The second-order valence-corrected chi connectivity index (χ2v) is 8.53. The highest BCUT2D eigenvalue weighted by molar-refractivity contribution is 6.28. The van der Waals surface area contributed by atoms with Crippen molar-refractivity contribution in [3.63, 3.8) is 0 Å². The number of amides is 1. The van der Waals surface area contributed by atoms with Gasteiger partial charge in [-0.2, -0.15) is 0 Å². The fraction of sp³-hybridized carbons (Fsp3) is 0.346. The zero-order valence-corrected chi connectivity index (χ0v) is 19.2. The number of carbonyl (C=O) groups excluding carboxylic acids is 2. The van der Waals surface area contributed by atoms with Gasteiger partial charge in [0.2, 0.25) is 5.91 Å². The van der Waals surface area contributed by atoms with Crippen molar-refractivity contribution in [2.24, 2.45) is 0 Å². The van der Waals surface area contributed by atoms with Crippen LogP contribution < -0.4 is 15.0 Å². The molecule has 0 unspecified atom stereocenters. The van der Waals surface area contributed by atoms with E-state index in [4.69, 9.17) is 14.8 Å². The maximum Gasteiger partial charge on any atom is 0.223 e. The van der Waals surface area contributed by atoms with Crippen molar-refractivity contribution < 1.29 is 19.4 Å². The zero-order chi connectivity index (χ0) is 23.7. The first-order chi connectivity index (χ1) is 16.6. The quantitative estimate of drug-likeness (QED) is 0.408. The summed E-state index contributed by atoms with van der Waals surface area (Å²) in [4.78, 5) is 35.1. The molecule has 0 bridgehead atoms. The number of ketones is 1. The average Bonchev–Trinajstić information content (AvgIpc) is 3.18. The molecule has 8 heteroatoms. The first-order valence-corrected chi connectivity index (χ1v) is 11.6. The Morgan fingerprint density at radius 2 is 1.85 bits per heavy atom. The van der Waals surface area contributed by atoms with Gasteiger partial charge in [-0.25, -0.2) is 4.98 Å². The molecule has 1 amide bonds. The Morgan fingerprint density at radius 1 is 1.06 bits per heavy atom. The van der Waals surface area contributed by atoms with Crippen LogP contribution in [0.25, 0.3) is 22.0 Å². The molecule has 1 aliphatic carbocycles.